The molecule has 0 aliphatic rings. The Kier molecular flexibility index (Phi) is 4.26. The van der Waals surface area contributed by atoms with Gasteiger partial charge < -0.3 is 5.32 Å². The Morgan fingerprint density at radius 2 is 1.72 bits per heavy atom. The van der Waals surface area contributed by atoms with E-state index >= 15 is 0 Å². The van der Waals surface area contributed by atoms with Crippen LogP contribution in [-0.2, 0) is 6.18 Å². The Bertz CT molecular complexity index is 395. The molecule has 0 aromatic heterocycles. The Morgan fingerprint density at radius 1 is 1.11 bits per heavy atom. The van der Waals surface area contributed by atoms with Crippen molar-refractivity contribution in [1.82, 2.24) is 5.32 Å². The van der Waals surface area contributed by atoms with Gasteiger partial charge in [0, 0.05) is 0 Å². The number of nitrogens with one attached hydrogen (secondary N) is 1. The Labute approximate surface area is 99.8 Å². The summed E-state index contributed by atoms with van der Waals surface area (Å²) in [5, 5.41) is 2.13. The standard InChI is InChI=1S/C11H11F6N/c1-2-18-9(11(15,16)17)7-4-3-5-8(6-7)10(12,13)14/h3-6,9,18H,2H2,1H3/t9-/m0/s1. The first-order chi connectivity index (χ1) is 8.16. The zero-order chi connectivity index (χ0) is 14.0. The molecule has 7 heteroatoms. The third-order valence-electron chi connectivity index (χ3n) is 2.28. The second kappa shape index (κ2) is 5.17. The van der Waals surface area contributed by atoms with Crippen molar-refractivity contribution in [2.45, 2.75) is 25.3 Å². The van der Waals surface area contributed by atoms with Gasteiger partial charge in [0.15, 0.2) is 0 Å². The van der Waals surface area contributed by atoms with E-state index in [1.165, 1.54) is 6.92 Å². The first-order valence-corrected chi connectivity index (χ1v) is 5.13. The highest BCUT2D eigenvalue weighted by Gasteiger charge is 2.41. The third-order valence-corrected chi connectivity index (χ3v) is 2.28. The van der Waals surface area contributed by atoms with Crippen LogP contribution >= 0.6 is 0 Å². The highest BCUT2D eigenvalue weighted by Crippen LogP contribution is 2.36. The van der Waals surface area contributed by atoms with Crippen LogP contribution in [0.5, 0.6) is 0 Å². The van der Waals surface area contributed by atoms with E-state index < -0.39 is 29.5 Å². The first kappa shape index (κ1) is 14.8. The molecular weight excluding hydrogens is 260 g/mol. The molecule has 1 rings (SSSR count). The summed E-state index contributed by atoms with van der Waals surface area (Å²) in [6.07, 6.45) is -9.29. The van der Waals surface area contributed by atoms with Gasteiger partial charge in [0.2, 0.25) is 0 Å². The molecular formula is C11H11F6N. The number of alkyl halides is 6. The molecule has 0 heterocycles. The summed E-state index contributed by atoms with van der Waals surface area (Å²) in [5.41, 5.74) is -1.54. The summed E-state index contributed by atoms with van der Waals surface area (Å²) in [6.45, 7) is 1.45. The van der Waals surface area contributed by atoms with Crippen LogP contribution in [-0.4, -0.2) is 12.7 Å². The van der Waals surface area contributed by atoms with Crippen molar-refractivity contribution >= 4 is 0 Å². The number of hydrogen-bond acceptors (Lipinski definition) is 1. The Hall–Kier alpha value is -1.24. The van der Waals surface area contributed by atoms with Crippen LogP contribution in [0.2, 0.25) is 0 Å². The van der Waals surface area contributed by atoms with Crippen LogP contribution in [0.4, 0.5) is 26.3 Å². The topological polar surface area (TPSA) is 12.0 Å². The van der Waals surface area contributed by atoms with Gasteiger partial charge in [-0.2, -0.15) is 26.3 Å². The van der Waals surface area contributed by atoms with Crippen LogP contribution in [0.1, 0.15) is 24.1 Å². The molecule has 0 aliphatic heterocycles. The number of halogens is 6. The van der Waals surface area contributed by atoms with Crippen molar-refractivity contribution < 1.29 is 26.3 Å². The summed E-state index contributed by atoms with van der Waals surface area (Å²) in [7, 11) is 0. The molecule has 18 heavy (non-hydrogen) atoms. The molecule has 0 fully saturated rings. The van der Waals surface area contributed by atoms with Gasteiger partial charge >= 0.3 is 12.4 Å². The maximum absolute atomic E-state index is 12.7. The molecule has 0 saturated heterocycles. The van der Waals surface area contributed by atoms with Crippen LogP contribution in [0.25, 0.3) is 0 Å². The molecule has 1 nitrogen and oxygen atoms in total. The van der Waals surface area contributed by atoms with Crippen LogP contribution < -0.4 is 5.32 Å². The monoisotopic (exact) mass is 271 g/mol. The van der Waals surface area contributed by atoms with Gasteiger partial charge in [0.1, 0.15) is 6.04 Å². The molecule has 0 unspecified atom stereocenters. The summed E-state index contributed by atoms with van der Waals surface area (Å²) in [6, 6.07) is 1.15. The number of benzene rings is 1. The van der Waals surface area contributed by atoms with Gasteiger partial charge in [-0.25, -0.2) is 0 Å². The Balaban J connectivity index is 3.14. The van der Waals surface area contributed by atoms with Crippen molar-refractivity contribution in [3.05, 3.63) is 35.4 Å². The average Bonchev–Trinajstić information content (AvgIpc) is 2.23. The molecule has 0 saturated carbocycles. The lowest BCUT2D eigenvalue weighted by Gasteiger charge is -2.22. The van der Waals surface area contributed by atoms with Crippen LogP contribution in [0.15, 0.2) is 24.3 Å². The van der Waals surface area contributed by atoms with Crippen molar-refractivity contribution in [3.63, 3.8) is 0 Å². The molecule has 1 N–H and O–H groups in total. The van der Waals surface area contributed by atoms with E-state index in [9.17, 15) is 26.3 Å². The fraction of sp³-hybridized carbons (Fsp3) is 0.455. The van der Waals surface area contributed by atoms with Gasteiger partial charge in [0.25, 0.3) is 0 Å². The van der Waals surface area contributed by atoms with Gasteiger partial charge in [-0.1, -0.05) is 19.1 Å². The second-order valence-electron chi connectivity index (χ2n) is 3.66. The maximum Gasteiger partial charge on any atom is 0.416 e. The summed E-state index contributed by atoms with van der Waals surface area (Å²) >= 11 is 0. The SMILES string of the molecule is CCN[C@@H](c1cccc(C(F)(F)F)c1)C(F)(F)F. The van der Waals surface area contributed by atoms with Gasteiger partial charge in [-0.3, -0.25) is 0 Å². The smallest absolute Gasteiger partial charge is 0.303 e. The Morgan fingerprint density at radius 3 is 2.17 bits per heavy atom. The predicted octanol–water partition coefficient (Wildman–Crippen LogP) is 3.92. The van der Waals surface area contributed by atoms with Crippen molar-refractivity contribution in [2.75, 3.05) is 6.54 Å². The largest absolute Gasteiger partial charge is 0.416 e. The predicted molar refractivity (Wildman–Crippen MR) is 53.9 cm³/mol. The normalized spacial score (nSPS) is 14.6. The average molecular weight is 271 g/mol. The fourth-order valence-corrected chi connectivity index (χ4v) is 1.52. The molecule has 0 bridgehead atoms. The van der Waals surface area contributed by atoms with E-state index in [2.05, 4.69) is 5.32 Å². The molecule has 1 aromatic rings. The molecule has 102 valence electrons. The third kappa shape index (κ3) is 3.63. The van der Waals surface area contributed by atoms with E-state index in [0.29, 0.717) is 6.07 Å². The summed E-state index contributed by atoms with van der Waals surface area (Å²) in [4.78, 5) is 0. The van der Waals surface area contributed by atoms with Gasteiger partial charge in [-0.05, 0) is 24.2 Å². The highest BCUT2D eigenvalue weighted by molar-refractivity contribution is 5.28. The zero-order valence-electron chi connectivity index (χ0n) is 9.36. The molecule has 0 spiro atoms. The van der Waals surface area contributed by atoms with Crippen molar-refractivity contribution in [1.29, 1.82) is 0 Å². The van der Waals surface area contributed by atoms with Crippen LogP contribution in [0.3, 0.4) is 0 Å². The maximum atomic E-state index is 12.7. The summed E-state index contributed by atoms with van der Waals surface area (Å²) in [5.74, 6) is 0. The lowest BCUT2D eigenvalue weighted by molar-refractivity contribution is -0.158. The van der Waals surface area contributed by atoms with E-state index in [0.717, 1.165) is 18.2 Å². The van der Waals surface area contributed by atoms with E-state index in [1.54, 1.807) is 0 Å². The minimum Gasteiger partial charge on any atom is -0.303 e. The lowest BCUT2D eigenvalue weighted by Crippen LogP contribution is -2.34. The number of rotatable bonds is 3. The van der Waals surface area contributed by atoms with E-state index in [1.807, 2.05) is 0 Å². The molecule has 1 aromatic carbocycles. The van der Waals surface area contributed by atoms with E-state index in [4.69, 9.17) is 0 Å². The zero-order valence-corrected chi connectivity index (χ0v) is 9.36. The molecule has 0 radical (unpaired) electrons. The molecule has 0 amide bonds. The number of hydrogen-bond donors (Lipinski definition) is 1. The quantitative estimate of drug-likeness (QED) is 0.822. The van der Waals surface area contributed by atoms with Gasteiger partial charge in [0.05, 0.1) is 5.56 Å². The van der Waals surface area contributed by atoms with Crippen molar-refractivity contribution in [2.24, 2.45) is 0 Å². The highest BCUT2D eigenvalue weighted by atomic mass is 19.4. The molecule has 1 atom stereocenters. The second-order valence-corrected chi connectivity index (χ2v) is 3.66. The van der Waals surface area contributed by atoms with Crippen LogP contribution in [0, 0.1) is 0 Å². The van der Waals surface area contributed by atoms with Crippen molar-refractivity contribution in [3.8, 4) is 0 Å². The van der Waals surface area contributed by atoms with Gasteiger partial charge in [-0.15, -0.1) is 0 Å². The minimum atomic E-state index is -4.65. The minimum absolute atomic E-state index is 0.000419. The fourth-order valence-electron chi connectivity index (χ4n) is 1.52. The summed E-state index contributed by atoms with van der Waals surface area (Å²) < 4.78 is 75.3. The van der Waals surface area contributed by atoms with E-state index in [-0.39, 0.29) is 6.54 Å². The first-order valence-electron chi connectivity index (χ1n) is 5.13. The molecule has 0 aliphatic carbocycles. The lowest BCUT2D eigenvalue weighted by atomic mass is 10.0.